The molecular formula is C19H21ClFN3O. The first-order valence-corrected chi connectivity index (χ1v) is 8.33. The number of piperidine rings is 1. The number of benzene rings is 2. The molecule has 2 heterocycles. The molecule has 0 bridgehead atoms. The standard InChI is InChI=1S/C19H20FN3O.ClH/c20-16-5-3-14(4-6-16)12-23-9-1-2-18(13-23)24-17-7-8-19-15(10-17)11-21-22-19;/h3-8,10-11,18H,1-2,9,12-13H2,(H,21,22);1H. The van der Waals surface area contributed by atoms with E-state index >= 15 is 0 Å². The minimum atomic E-state index is -0.187. The molecule has 25 heavy (non-hydrogen) atoms. The first kappa shape index (κ1) is 17.7. The van der Waals surface area contributed by atoms with Gasteiger partial charge < -0.3 is 4.74 Å². The Morgan fingerprint density at radius 2 is 2.04 bits per heavy atom. The van der Waals surface area contributed by atoms with Crippen LogP contribution in [0.1, 0.15) is 18.4 Å². The van der Waals surface area contributed by atoms with Crippen LogP contribution in [0.5, 0.6) is 5.75 Å². The van der Waals surface area contributed by atoms with E-state index in [4.69, 9.17) is 4.74 Å². The number of H-pyrrole nitrogens is 1. The van der Waals surface area contributed by atoms with Crippen molar-refractivity contribution in [2.75, 3.05) is 13.1 Å². The SMILES string of the molecule is Cl.Fc1ccc(CN2CCCC(Oc3ccc4[nH]ncc4c3)C2)cc1. The predicted molar refractivity (Wildman–Crippen MR) is 98.7 cm³/mol. The number of rotatable bonds is 4. The maximum absolute atomic E-state index is 13.0. The van der Waals surface area contributed by atoms with Crippen LogP contribution in [0, 0.1) is 5.82 Å². The smallest absolute Gasteiger partial charge is 0.123 e. The molecule has 1 aliphatic heterocycles. The molecular weight excluding hydrogens is 341 g/mol. The van der Waals surface area contributed by atoms with E-state index in [0.29, 0.717) is 0 Å². The molecule has 0 spiro atoms. The van der Waals surface area contributed by atoms with E-state index in [1.165, 1.54) is 12.1 Å². The number of nitrogens with zero attached hydrogens (tertiary/aromatic N) is 2. The lowest BCUT2D eigenvalue weighted by Gasteiger charge is -2.33. The second-order valence-electron chi connectivity index (χ2n) is 6.36. The summed E-state index contributed by atoms with van der Waals surface area (Å²) in [5, 5.41) is 8.05. The number of hydrogen-bond donors (Lipinski definition) is 1. The van der Waals surface area contributed by atoms with Gasteiger partial charge in [-0.15, -0.1) is 12.4 Å². The van der Waals surface area contributed by atoms with E-state index in [0.717, 1.165) is 54.7 Å². The predicted octanol–water partition coefficient (Wildman–Crippen LogP) is 4.17. The van der Waals surface area contributed by atoms with Crippen LogP contribution in [0.4, 0.5) is 4.39 Å². The molecule has 1 N–H and O–H groups in total. The van der Waals surface area contributed by atoms with Crippen molar-refractivity contribution < 1.29 is 9.13 Å². The zero-order chi connectivity index (χ0) is 16.4. The van der Waals surface area contributed by atoms with Crippen molar-refractivity contribution in [2.45, 2.75) is 25.5 Å². The van der Waals surface area contributed by atoms with E-state index in [2.05, 4.69) is 15.1 Å². The molecule has 2 aromatic carbocycles. The lowest BCUT2D eigenvalue weighted by molar-refractivity contribution is 0.0844. The molecule has 4 nitrogen and oxygen atoms in total. The summed E-state index contributed by atoms with van der Waals surface area (Å²) in [4.78, 5) is 2.37. The zero-order valence-corrected chi connectivity index (χ0v) is 14.6. The molecule has 1 aromatic heterocycles. The van der Waals surface area contributed by atoms with Crippen LogP contribution < -0.4 is 4.74 Å². The summed E-state index contributed by atoms with van der Waals surface area (Å²) in [6.45, 7) is 2.78. The minimum Gasteiger partial charge on any atom is -0.489 e. The van der Waals surface area contributed by atoms with Crippen LogP contribution in [0.15, 0.2) is 48.7 Å². The molecule has 0 aliphatic carbocycles. The van der Waals surface area contributed by atoms with Gasteiger partial charge in [0.05, 0.1) is 11.7 Å². The third-order valence-electron chi connectivity index (χ3n) is 4.50. The van der Waals surface area contributed by atoms with Gasteiger partial charge in [-0.2, -0.15) is 5.10 Å². The Labute approximate surface area is 152 Å². The Hall–Kier alpha value is -2.11. The highest BCUT2D eigenvalue weighted by atomic mass is 35.5. The molecule has 1 unspecified atom stereocenters. The molecule has 6 heteroatoms. The number of aromatic amines is 1. The summed E-state index contributed by atoms with van der Waals surface area (Å²) >= 11 is 0. The fourth-order valence-electron chi connectivity index (χ4n) is 3.29. The Balaban J connectivity index is 0.00000182. The number of nitrogens with one attached hydrogen (secondary N) is 1. The third kappa shape index (κ3) is 4.30. The Bertz CT molecular complexity index is 821. The van der Waals surface area contributed by atoms with Gasteiger partial charge in [-0.05, 0) is 55.3 Å². The van der Waals surface area contributed by atoms with Gasteiger partial charge in [0.1, 0.15) is 17.7 Å². The van der Waals surface area contributed by atoms with E-state index < -0.39 is 0 Å². The average Bonchev–Trinajstić information content (AvgIpc) is 3.05. The first-order chi connectivity index (χ1) is 11.8. The van der Waals surface area contributed by atoms with Crippen molar-refractivity contribution in [3.8, 4) is 5.75 Å². The van der Waals surface area contributed by atoms with Gasteiger partial charge in [-0.1, -0.05) is 12.1 Å². The van der Waals surface area contributed by atoms with Gasteiger partial charge in [-0.3, -0.25) is 10.00 Å². The molecule has 0 saturated carbocycles. The van der Waals surface area contributed by atoms with Crippen molar-refractivity contribution in [1.29, 1.82) is 0 Å². The Morgan fingerprint density at radius 3 is 2.88 bits per heavy atom. The topological polar surface area (TPSA) is 41.1 Å². The highest BCUT2D eigenvalue weighted by Crippen LogP contribution is 2.23. The lowest BCUT2D eigenvalue weighted by atomic mass is 10.1. The Morgan fingerprint density at radius 1 is 1.20 bits per heavy atom. The van der Waals surface area contributed by atoms with Gasteiger partial charge in [0.15, 0.2) is 0 Å². The minimum absolute atomic E-state index is 0. The van der Waals surface area contributed by atoms with Crippen molar-refractivity contribution in [3.63, 3.8) is 0 Å². The lowest BCUT2D eigenvalue weighted by Crippen LogP contribution is -2.40. The first-order valence-electron chi connectivity index (χ1n) is 8.33. The number of likely N-dealkylation sites (tertiary alicyclic amines) is 1. The Kier molecular flexibility index (Phi) is 5.56. The van der Waals surface area contributed by atoms with Crippen LogP contribution in [0.2, 0.25) is 0 Å². The molecule has 3 aromatic rings. The van der Waals surface area contributed by atoms with Crippen molar-refractivity contribution >= 4 is 23.3 Å². The average molecular weight is 362 g/mol. The summed E-state index contributed by atoms with van der Waals surface area (Å²) in [5.74, 6) is 0.700. The summed E-state index contributed by atoms with van der Waals surface area (Å²) in [5.41, 5.74) is 2.15. The van der Waals surface area contributed by atoms with Gasteiger partial charge in [-0.25, -0.2) is 4.39 Å². The summed E-state index contributed by atoms with van der Waals surface area (Å²) in [7, 11) is 0. The molecule has 0 amide bonds. The maximum atomic E-state index is 13.0. The van der Waals surface area contributed by atoms with E-state index in [1.807, 2.05) is 36.5 Å². The molecule has 1 atom stereocenters. The van der Waals surface area contributed by atoms with Gasteiger partial charge >= 0.3 is 0 Å². The van der Waals surface area contributed by atoms with Crippen LogP contribution in [0.25, 0.3) is 10.9 Å². The molecule has 132 valence electrons. The largest absolute Gasteiger partial charge is 0.489 e. The number of aromatic nitrogens is 2. The zero-order valence-electron chi connectivity index (χ0n) is 13.8. The van der Waals surface area contributed by atoms with Crippen molar-refractivity contribution in [2.24, 2.45) is 0 Å². The van der Waals surface area contributed by atoms with Gasteiger partial charge in [0, 0.05) is 18.5 Å². The normalized spacial score (nSPS) is 18.0. The molecule has 4 rings (SSSR count). The van der Waals surface area contributed by atoms with Gasteiger partial charge in [0.25, 0.3) is 0 Å². The molecule has 1 fully saturated rings. The maximum Gasteiger partial charge on any atom is 0.123 e. The highest BCUT2D eigenvalue weighted by molar-refractivity contribution is 5.85. The second kappa shape index (κ2) is 7.85. The summed E-state index contributed by atoms with van der Waals surface area (Å²) in [6.07, 6.45) is 4.16. The number of hydrogen-bond acceptors (Lipinski definition) is 3. The van der Waals surface area contributed by atoms with Crippen LogP contribution in [-0.4, -0.2) is 34.3 Å². The number of halogens is 2. The summed E-state index contributed by atoms with van der Waals surface area (Å²) < 4.78 is 19.2. The van der Waals surface area contributed by atoms with Crippen LogP contribution in [0.3, 0.4) is 0 Å². The van der Waals surface area contributed by atoms with E-state index in [-0.39, 0.29) is 24.3 Å². The molecule has 0 radical (unpaired) electrons. The number of fused-ring (bicyclic) bond motifs is 1. The number of ether oxygens (including phenoxy) is 1. The molecule has 1 saturated heterocycles. The second-order valence-corrected chi connectivity index (χ2v) is 6.36. The van der Waals surface area contributed by atoms with Crippen molar-refractivity contribution in [1.82, 2.24) is 15.1 Å². The quantitative estimate of drug-likeness (QED) is 0.758. The van der Waals surface area contributed by atoms with Gasteiger partial charge in [0.2, 0.25) is 0 Å². The third-order valence-corrected chi connectivity index (χ3v) is 4.50. The van der Waals surface area contributed by atoms with Crippen LogP contribution >= 0.6 is 12.4 Å². The van der Waals surface area contributed by atoms with E-state index in [9.17, 15) is 4.39 Å². The fourth-order valence-corrected chi connectivity index (χ4v) is 3.29. The van der Waals surface area contributed by atoms with E-state index in [1.54, 1.807) is 0 Å². The monoisotopic (exact) mass is 361 g/mol. The highest BCUT2D eigenvalue weighted by Gasteiger charge is 2.21. The fraction of sp³-hybridized carbons (Fsp3) is 0.316. The molecule has 1 aliphatic rings. The summed E-state index contributed by atoms with van der Waals surface area (Å²) in [6, 6.07) is 12.8. The van der Waals surface area contributed by atoms with Crippen LogP contribution in [-0.2, 0) is 6.54 Å². The van der Waals surface area contributed by atoms with Crippen molar-refractivity contribution in [3.05, 3.63) is 60.0 Å².